The normalized spacial score (nSPS) is 14.6. The number of carbonyl (C=O) groups excluding carboxylic acids is 1. The Morgan fingerprint density at radius 3 is 2.94 bits per heavy atom. The Morgan fingerprint density at radius 1 is 1.59 bits per heavy atom. The van der Waals surface area contributed by atoms with E-state index in [1.54, 1.807) is 19.3 Å². The first-order valence-corrected chi connectivity index (χ1v) is 6.03. The van der Waals surface area contributed by atoms with Crippen LogP contribution in [0.4, 0.5) is 0 Å². The van der Waals surface area contributed by atoms with E-state index in [1.807, 2.05) is 0 Å². The van der Waals surface area contributed by atoms with Crippen molar-refractivity contribution in [2.75, 3.05) is 6.54 Å². The van der Waals surface area contributed by atoms with Gasteiger partial charge in [0.1, 0.15) is 0 Å². The molecule has 0 atom stereocenters. The lowest BCUT2D eigenvalue weighted by molar-refractivity contribution is -0.120. The van der Waals surface area contributed by atoms with Gasteiger partial charge in [0.15, 0.2) is 0 Å². The molecule has 0 bridgehead atoms. The molecule has 0 aromatic carbocycles. The van der Waals surface area contributed by atoms with Crippen molar-refractivity contribution in [1.29, 1.82) is 0 Å². The van der Waals surface area contributed by atoms with Gasteiger partial charge in [-0.25, -0.2) is 4.98 Å². The summed E-state index contributed by atoms with van der Waals surface area (Å²) >= 11 is 0. The first-order chi connectivity index (χ1) is 8.20. The molecule has 0 radical (unpaired) electrons. The molecule has 0 spiro atoms. The number of hydrogen-bond acceptors (Lipinski definition) is 3. The van der Waals surface area contributed by atoms with Gasteiger partial charge in [0.25, 0.3) is 5.56 Å². The second kappa shape index (κ2) is 5.12. The van der Waals surface area contributed by atoms with Gasteiger partial charge >= 0.3 is 0 Å². The molecule has 2 rings (SSSR count). The third-order valence-corrected chi connectivity index (χ3v) is 2.89. The molecule has 1 amide bonds. The summed E-state index contributed by atoms with van der Waals surface area (Å²) in [5.41, 5.74) is 0.872. The topological polar surface area (TPSA) is 64.0 Å². The summed E-state index contributed by atoms with van der Waals surface area (Å²) in [6.07, 6.45) is 4.33. The molecule has 1 heterocycles. The van der Waals surface area contributed by atoms with Crippen LogP contribution >= 0.6 is 0 Å². The molecule has 0 saturated heterocycles. The van der Waals surface area contributed by atoms with Crippen molar-refractivity contribution >= 4 is 5.91 Å². The highest BCUT2D eigenvalue weighted by Gasteiger charge is 2.25. The number of amides is 1. The van der Waals surface area contributed by atoms with Gasteiger partial charge in [-0.3, -0.25) is 14.2 Å². The fourth-order valence-electron chi connectivity index (χ4n) is 1.65. The quantitative estimate of drug-likeness (QED) is 0.815. The first kappa shape index (κ1) is 11.8. The third kappa shape index (κ3) is 3.15. The third-order valence-electron chi connectivity index (χ3n) is 2.89. The van der Waals surface area contributed by atoms with E-state index in [0.29, 0.717) is 25.4 Å². The van der Waals surface area contributed by atoms with Crippen molar-refractivity contribution in [2.45, 2.75) is 38.6 Å². The molecule has 1 saturated carbocycles. The van der Waals surface area contributed by atoms with Gasteiger partial charge in [-0.2, -0.15) is 0 Å². The van der Waals surface area contributed by atoms with Crippen LogP contribution < -0.4 is 10.9 Å². The minimum atomic E-state index is -0.0346. The van der Waals surface area contributed by atoms with Gasteiger partial charge < -0.3 is 5.32 Å². The lowest BCUT2D eigenvalue weighted by Crippen LogP contribution is -2.30. The molecular weight excluding hydrogens is 218 g/mol. The summed E-state index contributed by atoms with van der Waals surface area (Å²) in [6.45, 7) is 2.74. The Hall–Kier alpha value is -1.65. The first-order valence-electron chi connectivity index (χ1n) is 6.03. The number of rotatable bonds is 5. The molecule has 1 aromatic rings. The van der Waals surface area contributed by atoms with E-state index in [1.165, 1.54) is 4.57 Å². The van der Waals surface area contributed by atoms with Crippen LogP contribution in [0, 0.1) is 0 Å². The molecule has 0 aliphatic heterocycles. The number of aromatic nitrogens is 2. The summed E-state index contributed by atoms with van der Waals surface area (Å²) < 4.78 is 1.53. The zero-order chi connectivity index (χ0) is 12.3. The molecule has 1 aliphatic rings. The number of carbonyl (C=O) groups is 1. The Morgan fingerprint density at radius 2 is 2.35 bits per heavy atom. The molecule has 1 aromatic heterocycles. The lowest BCUT2D eigenvalue weighted by Gasteiger charge is -2.06. The van der Waals surface area contributed by atoms with E-state index in [4.69, 9.17) is 0 Å². The van der Waals surface area contributed by atoms with E-state index in [9.17, 15) is 9.59 Å². The summed E-state index contributed by atoms with van der Waals surface area (Å²) in [6, 6.07) is 1.61. The van der Waals surface area contributed by atoms with Crippen molar-refractivity contribution in [3.05, 3.63) is 28.4 Å². The molecular formula is C12H17N3O2. The van der Waals surface area contributed by atoms with E-state index >= 15 is 0 Å². The molecule has 1 N–H and O–H groups in total. The molecule has 0 unspecified atom stereocenters. The van der Waals surface area contributed by atoms with Gasteiger partial charge in [-0.05, 0) is 12.8 Å². The van der Waals surface area contributed by atoms with E-state index in [0.717, 1.165) is 18.5 Å². The Labute approximate surface area is 99.9 Å². The second-order valence-corrected chi connectivity index (χ2v) is 4.32. The van der Waals surface area contributed by atoms with Crippen LogP contribution in [0.3, 0.4) is 0 Å². The molecule has 1 aliphatic carbocycles. The fraction of sp³-hybridized carbons (Fsp3) is 0.583. The van der Waals surface area contributed by atoms with Crippen LogP contribution in [-0.4, -0.2) is 22.0 Å². The predicted molar refractivity (Wildman–Crippen MR) is 63.8 cm³/mol. The zero-order valence-corrected chi connectivity index (χ0v) is 9.98. The van der Waals surface area contributed by atoms with Crippen molar-refractivity contribution in [2.24, 2.45) is 0 Å². The Kier molecular flexibility index (Phi) is 3.56. The summed E-state index contributed by atoms with van der Waals surface area (Å²) in [5, 5.41) is 2.73. The highest BCUT2D eigenvalue weighted by atomic mass is 16.1. The van der Waals surface area contributed by atoms with Gasteiger partial charge in [0.2, 0.25) is 5.91 Å². The predicted octanol–water partition coefficient (Wildman–Crippen LogP) is 0.647. The van der Waals surface area contributed by atoms with Crippen molar-refractivity contribution in [1.82, 2.24) is 14.9 Å². The summed E-state index contributed by atoms with van der Waals surface area (Å²) in [4.78, 5) is 27.0. The lowest BCUT2D eigenvalue weighted by atomic mass is 10.3. The van der Waals surface area contributed by atoms with Crippen LogP contribution in [0.2, 0.25) is 0 Å². The van der Waals surface area contributed by atoms with Crippen LogP contribution in [-0.2, 0) is 11.3 Å². The fourth-order valence-corrected chi connectivity index (χ4v) is 1.65. The van der Waals surface area contributed by atoms with Crippen molar-refractivity contribution in [3.63, 3.8) is 0 Å². The molecule has 5 heteroatoms. The van der Waals surface area contributed by atoms with Crippen LogP contribution in [0.1, 0.15) is 37.8 Å². The SMILES string of the molecule is CCC(=O)NCCn1cnc(C2CC2)cc1=O. The van der Waals surface area contributed by atoms with Crippen molar-refractivity contribution in [3.8, 4) is 0 Å². The largest absolute Gasteiger partial charge is 0.354 e. The van der Waals surface area contributed by atoms with Gasteiger partial charge in [0, 0.05) is 31.5 Å². The number of nitrogens with zero attached hydrogens (tertiary/aromatic N) is 2. The van der Waals surface area contributed by atoms with E-state index in [2.05, 4.69) is 10.3 Å². The van der Waals surface area contributed by atoms with Crippen molar-refractivity contribution < 1.29 is 4.79 Å². The minimum absolute atomic E-state index is 0.000564. The van der Waals surface area contributed by atoms with Gasteiger partial charge in [-0.1, -0.05) is 6.92 Å². The minimum Gasteiger partial charge on any atom is -0.354 e. The Bertz CT molecular complexity index is 463. The average Bonchev–Trinajstić information content (AvgIpc) is 3.15. The average molecular weight is 235 g/mol. The van der Waals surface area contributed by atoms with Gasteiger partial charge in [-0.15, -0.1) is 0 Å². The zero-order valence-electron chi connectivity index (χ0n) is 9.98. The molecule has 17 heavy (non-hydrogen) atoms. The van der Waals surface area contributed by atoms with Crippen LogP contribution in [0.15, 0.2) is 17.2 Å². The monoisotopic (exact) mass is 235 g/mol. The highest BCUT2D eigenvalue weighted by molar-refractivity contribution is 5.75. The molecule has 5 nitrogen and oxygen atoms in total. The van der Waals surface area contributed by atoms with Crippen LogP contribution in [0.5, 0.6) is 0 Å². The van der Waals surface area contributed by atoms with Crippen LogP contribution in [0.25, 0.3) is 0 Å². The van der Waals surface area contributed by atoms with Gasteiger partial charge in [0.05, 0.1) is 12.0 Å². The second-order valence-electron chi connectivity index (χ2n) is 4.32. The summed E-state index contributed by atoms with van der Waals surface area (Å²) in [7, 11) is 0. The maximum Gasteiger partial charge on any atom is 0.253 e. The van der Waals surface area contributed by atoms with E-state index in [-0.39, 0.29) is 11.5 Å². The smallest absolute Gasteiger partial charge is 0.253 e. The van der Waals surface area contributed by atoms with E-state index < -0.39 is 0 Å². The standard InChI is InChI=1S/C12H17N3O2/c1-2-11(16)13-5-6-15-8-14-10(7-12(15)17)9-3-4-9/h7-9H,2-6H2,1H3,(H,13,16). The maximum absolute atomic E-state index is 11.7. The maximum atomic E-state index is 11.7. The molecule has 1 fully saturated rings. The molecule has 92 valence electrons. The number of hydrogen-bond donors (Lipinski definition) is 1. The summed E-state index contributed by atoms with van der Waals surface area (Å²) in [5.74, 6) is 0.498. The highest BCUT2D eigenvalue weighted by Crippen LogP contribution is 2.38. The Balaban J connectivity index is 1.92. The number of nitrogens with one attached hydrogen (secondary N) is 1.